The van der Waals surface area contributed by atoms with E-state index in [1.165, 1.54) is 19.1 Å². The molecule has 0 aliphatic carbocycles. The second kappa shape index (κ2) is 4.23. The molecule has 0 spiro atoms. The van der Waals surface area contributed by atoms with Gasteiger partial charge in [-0.2, -0.15) is 13.2 Å². The third kappa shape index (κ3) is 2.89. The lowest BCUT2D eigenvalue weighted by atomic mass is 10.1. The maximum Gasteiger partial charge on any atom is 0.416 e. The van der Waals surface area contributed by atoms with Crippen molar-refractivity contribution in [2.75, 3.05) is 0 Å². The Kier molecular flexibility index (Phi) is 3.21. The van der Waals surface area contributed by atoms with Gasteiger partial charge in [0.25, 0.3) is 0 Å². The molecule has 0 amide bonds. The van der Waals surface area contributed by atoms with Gasteiger partial charge in [0.1, 0.15) is 0 Å². The third-order valence-electron chi connectivity index (χ3n) is 1.92. The summed E-state index contributed by atoms with van der Waals surface area (Å²) in [5.41, 5.74) is 7.78. The molecule has 80 valence electrons. The third-order valence-corrected chi connectivity index (χ3v) is 1.92. The van der Waals surface area contributed by atoms with Crippen LogP contribution in [0.25, 0.3) is 10.4 Å². The minimum Gasteiger partial charge on any atom is -0.166 e. The van der Waals surface area contributed by atoms with Gasteiger partial charge in [-0.3, -0.25) is 0 Å². The van der Waals surface area contributed by atoms with Gasteiger partial charge in [-0.15, -0.1) is 0 Å². The summed E-state index contributed by atoms with van der Waals surface area (Å²) in [5.74, 6) is 0. The fourth-order valence-electron chi connectivity index (χ4n) is 1.12. The van der Waals surface area contributed by atoms with Gasteiger partial charge in [0.2, 0.25) is 0 Å². The Morgan fingerprint density at radius 1 is 1.40 bits per heavy atom. The van der Waals surface area contributed by atoms with E-state index >= 15 is 0 Å². The molecule has 0 aromatic heterocycles. The summed E-state index contributed by atoms with van der Waals surface area (Å²) in [6.45, 7) is 1.54. The number of alkyl halides is 3. The van der Waals surface area contributed by atoms with E-state index in [0.717, 1.165) is 12.1 Å². The van der Waals surface area contributed by atoms with Crippen LogP contribution in [0.2, 0.25) is 0 Å². The number of hydrogen-bond acceptors (Lipinski definition) is 1. The maximum atomic E-state index is 12.3. The van der Waals surface area contributed by atoms with Crippen molar-refractivity contribution in [1.29, 1.82) is 0 Å². The summed E-state index contributed by atoms with van der Waals surface area (Å²) >= 11 is 0. The fourth-order valence-corrected chi connectivity index (χ4v) is 1.12. The maximum absolute atomic E-state index is 12.3. The average Bonchev–Trinajstić information content (AvgIpc) is 2.17. The van der Waals surface area contributed by atoms with E-state index in [1.54, 1.807) is 0 Å². The largest absolute Gasteiger partial charge is 0.416 e. The molecule has 1 atom stereocenters. The molecule has 0 saturated carbocycles. The number of benzene rings is 1. The van der Waals surface area contributed by atoms with Crippen LogP contribution in [-0.2, 0) is 6.18 Å². The monoisotopic (exact) mass is 215 g/mol. The Morgan fingerprint density at radius 2 is 2.07 bits per heavy atom. The van der Waals surface area contributed by atoms with Crippen molar-refractivity contribution in [3.8, 4) is 0 Å². The highest BCUT2D eigenvalue weighted by Gasteiger charge is 2.30. The van der Waals surface area contributed by atoms with E-state index in [4.69, 9.17) is 5.53 Å². The van der Waals surface area contributed by atoms with Crippen molar-refractivity contribution in [3.63, 3.8) is 0 Å². The number of hydrogen-bond donors (Lipinski definition) is 0. The average molecular weight is 215 g/mol. The predicted molar refractivity (Wildman–Crippen MR) is 49.0 cm³/mol. The van der Waals surface area contributed by atoms with E-state index in [0.29, 0.717) is 5.56 Å². The summed E-state index contributed by atoms with van der Waals surface area (Å²) < 4.78 is 36.9. The Bertz CT molecular complexity index is 394. The van der Waals surface area contributed by atoms with Crippen molar-refractivity contribution in [2.45, 2.75) is 19.1 Å². The van der Waals surface area contributed by atoms with Gasteiger partial charge in [-0.05, 0) is 17.2 Å². The van der Waals surface area contributed by atoms with Crippen LogP contribution in [0.1, 0.15) is 24.1 Å². The van der Waals surface area contributed by atoms with E-state index in [9.17, 15) is 13.2 Å². The molecule has 0 aliphatic rings. The molecular formula is C9H8F3N3. The highest BCUT2D eigenvalue weighted by atomic mass is 19.4. The minimum absolute atomic E-state index is 0.350. The summed E-state index contributed by atoms with van der Waals surface area (Å²) in [6, 6.07) is 4.15. The molecule has 0 aliphatic heterocycles. The van der Waals surface area contributed by atoms with E-state index in [1.807, 2.05) is 0 Å². The first-order valence-electron chi connectivity index (χ1n) is 4.16. The molecule has 1 aromatic carbocycles. The Morgan fingerprint density at radius 3 is 2.60 bits per heavy atom. The molecular weight excluding hydrogens is 207 g/mol. The minimum atomic E-state index is -4.37. The van der Waals surface area contributed by atoms with Crippen LogP contribution in [0.5, 0.6) is 0 Å². The SMILES string of the molecule is C[C@@H](N=[N+]=[N-])c1cccc(C(F)(F)F)c1. The number of halogens is 3. The van der Waals surface area contributed by atoms with Gasteiger partial charge < -0.3 is 0 Å². The normalized spacial score (nSPS) is 13.1. The van der Waals surface area contributed by atoms with E-state index < -0.39 is 17.8 Å². The molecule has 0 radical (unpaired) electrons. The van der Waals surface area contributed by atoms with Gasteiger partial charge >= 0.3 is 6.18 Å². The van der Waals surface area contributed by atoms with Crippen molar-refractivity contribution in [2.24, 2.45) is 5.11 Å². The van der Waals surface area contributed by atoms with Gasteiger partial charge in [0, 0.05) is 4.91 Å². The molecule has 0 heterocycles. The lowest BCUT2D eigenvalue weighted by Crippen LogP contribution is -2.05. The standard InChI is InChI=1S/C9H8F3N3/c1-6(14-15-13)7-3-2-4-8(5-7)9(10,11)12/h2-6H,1H3/t6-/m1/s1. The first kappa shape index (κ1) is 11.4. The lowest BCUT2D eigenvalue weighted by Gasteiger charge is -2.10. The molecule has 0 bridgehead atoms. The Balaban J connectivity index is 3.08. The van der Waals surface area contributed by atoms with Crippen molar-refractivity contribution >= 4 is 0 Å². The molecule has 1 aromatic rings. The van der Waals surface area contributed by atoms with E-state index in [2.05, 4.69) is 10.0 Å². The zero-order valence-corrected chi connectivity index (χ0v) is 7.86. The quantitative estimate of drug-likeness (QED) is 0.405. The predicted octanol–water partition coefficient (Wildman–Crippen LogP) is 4.08. The zero-order valence-electron chi connectivity index (χ0n) is 7.86. The van der Waals surface area contributed by atoms with Gasteiger partial charge in [0.05, 0.1) is 11.6 Å². The van der Waals surface area contributed by atoms with Gasteiger partial charge in [-0.1, -0.05) is 30.2 Å². The Hall–Kier alpha value is -1.68. The van der Waals surface area contributed by atoms with Crippen LogP contribution < -0.4 is 0 Å². The first-order chi connectivity index (χ1) is 6.95. The summed E-state index contributed by atoms with van der Waals surface area (Å²) in [4.78, 5) is 2.55. The highest BCUT2D eigenvalue weighted by Crippen LogP contribution is 2.31. The van der Waals surface area contributed by atoms with Crippen LogP contribution >= 0.6 is 0 Å². The van der Waals surface area contributed by atoms with Crippen LogP contribution in [0.15, 0.2) is 29.4 Å². The van der Waals surface area contributed by atoms with Crippen LogP contribution in [0.3, 0.4) is 0 Å². The molecule has 6 heteroatoms. The Labute approximate surface area is 84.2 Å². The second-order valence-electron chi connectivity index (χ2n) is 3.00. The molecule has 1 rings (SSSR count). The zero-order chi connectivity index (χ0) is 11.5. The topological polar surface area (TPSA) is 48.8 Å². The summed E-state index contributed by atoms with van der Waals surface area (Å²) in [6.07, 6.45) is -4.37. The van der Waals surface area contributed by atoms with Crippen molar-refractivity contribution in [3.05, 3.63) is 45.8 Å². The van der Waals surface area contributed by atoms with Crippen LogP contribution in [-0.4, -0.2) is 0 Å². The molecule has 0 unspecified atom stereocenters. The van der Waals surface area contributed by atoms with Crippen LogP contribution in [0.4, 0.5) is 13.2 Å². The number of nitrogens with zero attached hydrogens (tertiary/aromatic N) is 3. The molecule has 0 saturated heterocycles. The number of azide groups is 1. The summed E-state index contributed by atoms with van der Waals surface area (Å²) in [7, 11) is 0. The molecule has 15 heavy (non-hydrogen) atoms. The lowest BCUT2D eigenvalue weighted by molar-refractivity contribution is -0.137. The van der Waals surface area contributed by atoms with Crippen molar-refractivity contribution < 1.29 is 13.2 Å². The number of rotatable bonds is 2. The molecule has 3 nitrogen and oxygen atoms in total. The molecule has 0 N–H and O–H groups in total. The molecule has 0 fully saturated rings. The van der Waals surface area contributed by atoms with Crippen LogP contribution in [0, 0.1) is 0 Å². The fraction of sp³-hybridized carbons (Fsp3) is 0.333. The highest BCUT2D eigenvalue weighted by molar-refractivity contribution is 5.27. The van der Waals surface area contributed by atoms with Gasteiger partial charge in [0.15, 0.2) is 0 Å². The summed E-state index contributed by atoms with van der Waals surface area (Å²) in [5, 5.41) is 3.33. The smallest absolute Gasteiger partial charge is 0.166 e. The first-order valence-corrected chi connectivity index (χ1v) is 4.16. The van der Waals surface area contributed by atoms with Gasteiger partial charge in [-0.25, -0.2) is 0 Å². The van der Waals surface area contributed by atoms with Crippen molar-refractivity contribution in [1.82, 2.24) is 0 Å². The van der Waals surface area contributed by atoms with E-state index in [-0.39, 0.29) is 0 Å². The second-order valence-corrected chi connectivity index (χ2v) is 3.00.